The van der Waals surface area contributed by atoms with Gasteiger partial charge in [0.1, 0.15) is 5.54 Å². The van der Waals surface area contributed by atoms with E-state index >= 15 is 0 Å². The van der Waals surface area contributed by atoms with Crippen molar-refractivity contribution in [2.75, 3.05) is 6.61 Å². The summed E-state index contributed by atoms with van der Waals surface area (Å²) in [6.07, 6.45) is 1.31. The number of hydrogen-bond donors (Lipinski definition) is 2. The molecule has 0 amide bonds. The molecule has 0 aromatic rings. The van der Waals surface area contributed by atoms with Crippen LogP contribution in [0, 0.1) is 0 Å². The number of hydrogen-bond acceptors (Lipinski definition) is 3. The lowest BCUT2D eigenvalue weighted by Crippen LogP contribution is -2.44. The second kappa shape index (κ2) is 5.19. The predicted molar refractivity (Wildman–Crippen MR) is 50.6 cm³/mol. The molecular formula is C9H19NO3. The fourth-order valence-electron chi connectivity index (χ4n) is 0.865. The highest BCUT2D eigenvalue weighted by atomic mass is 16.5. The van der Waals surface area contributed by atoms with Crippen LogP contribution in [0.25, 0.3) is 0 Å². The topological polar surface area (TPSA) is 72.5 Å². The Morgan fingerprint density at radius 1 is 1.62 bits per heavy atom. The molecule has 0 saturated heterocycles. The van der Waals surface area contributed by atoms with Gasteiger partial charge < -0.3 is 15.6 Å². The van der Waals surface area contributed by atoms with Gasteiger partial charge >= 0.3 is 5.97 Å². The van der Waals surface area contributed by atoms with E-state index in [0.29, 0.717) is 19.4 Å². The van der Waals surface area contributed by atoms with Gasteiger partial charge in [0.25, 0.3) is 0 Å². The molecule has 1 unspecified atom stereocenters. The number of carboxylic acid groups (broad SMARTS) is 1. The fraction of sp³-hybridized carbons (Fsp3) is 0.889. The zero-order valence-electron chi connectivity index (χ0n) is 8.54. The first-order valence-electron chi connectivity index (χ1n) is 4.50. The number of carbonyl (C=O) groups is 1. The van der Waals surface area contributed by atoms with Gasteiger partial charge in [-0.1, -0.05) is 0 Å². The molecule has 0 fully saturated rings. The van der Waals surface area contributed by atoms with Crippen LogP contribution in [-0.4, -0.2) is 29.3 Å². The lowest BCUT2D eigenvalue weighted by atomic mass is 9.98. The second-order valence-electron chi connectivity index (χ2n) is 3.75. The minimum absolute atomic E-state index is 0.189. The Morgan fingerprint density at radius 2 is 2.15 bits per heavy atom. The van der Waals surface area contributed by atoms with Crippen molar-refractivity contribution in [3.8, 4) is 0 Å². The summed E-state index contributed by atoms with van der Waals surface area (Å²) in [7, 11) is 0. The van der Waals surface area contributed by atoms with Gasteiger partial charge in [-0.3, -0.25) is 4.79 Å². The largest absolute Gasteiger partial charge is 0.480 e. The Balaban J connectivity index is 3.58. The maximum Gasteiger partial charge on any atom is 0.323 e. The molecule has 0 radical (unpaired) electrons. The Kier molecular flexibility index (Phi) is 4.95. The summed E-state index contributed by atoms with van der Waals surface area (Å²) in [5.41, 5.74) is 4.40. The van der Waals surface area contributed by atoms with Gasteiger partial charge in [0.15, 0.2) is 0 Å². The zero-order chi connectivity index (χ0) is 10.5. The van der Waals surface area contributed by atoms with Gasteiger partial charge in [-0.25, -0.2) is 0 Å². The molecule has 4 nitrogen and oxygen atoms in total. The minimum Gasteiger partial charge on any atom is -0.480 e. The smallest absolute Gasteiger partial charge is 0.323 e. The molecule has 0 rings (SSSR count). The number of rotatable bonds is 6. The van der Waals surface area contributed by atoms with Crippen molar-refractivity contribution >= 4 is 5.97 Å². The van der Waals surface area contributed by atoms with Crippen LogP contribution in [-0.2, 0) is 9.53 Å². The summed E-state index contributed by atoms with van der Waals surface area (Å²) < 4.78 is 5.27. The number of ether oxygens (including phenoxy) is 1. The van der Waals surface area contributed by atoms with Crippen LogP contribution in [0.4, 0.5) is 0 Å². The van der Waals surface area contributed by atoms with Gasteiger partial charge in [0, 0.05) is 6.61 Å². The van der Waals surface area contributed by atoms with E-state index in [1.807, 2.05) is 13.8 Å². The summed E-state index contributed by atoms with van der Waals surface area (Å²) in [5.74, 6) is -0.961. The second-order valence-corrected chi connectivity index (χ2v) is 3.75. The molecule has 0 aliphatic carbocycles. The summed E-state index contributed by atoms with van der Waals surface area (Å²) in [5, 5.41) is 8.68. The first-order chi connectivity index (χ1) is 5.86. The Bertz CT molecular complexity index is 166. The molecule has 0 heterocycles. The normalized spacial score (nSPS) is 15.8. The van der Waals surface area contributed by atoms with E-state index in [-0.39, 0.29) is 6.10 Å². The van der Waals surface area contributed by atoms with Crippen molar-refractivity contribution < 1.29 is 14.6 Å². The van der Waals surface area contributed by atoms with E-state index in [1.54, 1.807) is 0 Å². The maximum absolute atomic E-state index is 10.6. The van der Waals surface area contributed by atoms with Gasteiger partial charge in [-0.15, -0.1) is 0 Å². The Hall–Kier alpha value is -0.610. The van der Waals surface area contributed by atoms with Crippen LogP contribution in [0.1, 0.15) is 33.6 Å². The van der Waals surface area contributed by atoms with E-state index in [0.717, 1.165) is 0 Å². The number of nitrogens with two attached hydrogens (primary N) is 1. The standard InChI is InChI=1S/C9H19NO3/c1-7(2)13-6-4-5-9(3,10)8(11)12/h7H,4-6,10H2,1-3H3,(H,11,12). The van der Waals surface area contributed by atoms with Crippen molar-refractivity contribution in [3.05, 3.63) is 0 Å². The SMILES string of the molecule is CC(C)OCCCC(C)(N)C(=O)O. The van der Waals surface area contributed by atoms with Crippen LogP contribution >= 0.6 is 0 Å². The minimum atomic E-state index is -1.12. The van der Waals surface area contributed by atoms with Gasteiger partial charge in [-0.05, 0) is 33.6 Å². The van der Waals surface area contributed by atoms with Crippen LogP contribution < -0.4 is 5.73 Å². The first kappa shape index (κ1) is 12.4. The van der Waals surface area contributed by atoms with Gasteiger partial charge in [-0.2, -0.15) is 0 Å². The van der Waals surface area contributed by atoms with E-state index in [9.17, 15) is 4.79 Å². The Labute approximate surface area is 79.1 Å². The highest BCUT2D eigenvalue weighted by Gasteiger charge is 2.26. The summed E-state index contributed by atoms with van der Waals surface area (Å²) in [6.45, 7) is 5.97. The average Bonchev–Trinajstić information content (AvgIpc) is 1.97. The van der Waals surface area contributed by atoms with Crippen LogP contribution in [0.2, 0.25) is 0 Å². The molecular weight excluding hydrogens is 170 g/mol. The molecule has 0 spiro atoms. The Morgan fingerprint density at radius 3 is 2.54 bits per heavy atom. The molecule has 13 heavy (non-hydrogen) atoms. The third-order valence-electron chi connectivity index (χ3n) is 1.78. The molecule has 4 heteroatoms. The van der Waals surface area contributed by atoms with E-state index in [4.69, 9.17) is 15.6 Å². The summed E-state index contributed by atoms with van der Waals surface area (Å²) >= 11 is 0. The van der Waals surface area contributed by atoms with Gasteiger partial charge in [0.2, 0.25) is 0 Å². The predicted octanol–water partition coefficient (Wildman–Crippen LogP) is 0.994. The fourth-order valence-corrected chi connectivity index (χ4v) is 0.865. The van der Waals surface area contributed by atoms with E-state index in [1.165, 1.54) is 6.92 Å². The van der Waals surface area contributed by atoms with Crippen molar-refractivity contribution in [2.45, 2.75) is 45.3 Å². The monoisotopic (exact) mass is 189 g/mol. The van der Waals surface area contributed by atoms with Crippen molar-refractivity contribution in [3.63, 3.8) is 0 Å². The summed E-state index contributed by atoms with van der Waals surface area (Å²) in [6, 6.07) is 0. The van der Waals surface area contributed by atoms with Crippen molar-refractivity contribution in [1.82, 2.24) is 0 Å². The quantitative estimate of drug-likeness (QED) is 0.611. The van der Waals surface area contributed by atoms with Crippen LogP contribution in [0.3, 0.4) is 0 Å². The van der Waals surface area contributed by atoms with Crippen LogP contribution in [0.5, 0.6) is 0 Å². The molecule has 0 saturated carbocycles. The third kappa shape index (κ3) is 5.60. The number of carboxylic acids is 1. The molecule has 0 bridgehead atoms. The first-order valence-corrected chi connectivity index (χ1v) is 4.50. The highest BCUT2D eigenvalue weighted by molar-refractivity contribution is 5.77. The lowest BCUT2D eigenvalue weighted by Gasteiger charge is -2.18. The molecule has 3 N–H and O–H groups in total. The molecule has 0 aromatic heterocycles. The molecule has 1 atom stereocenters. The number of aliphatic carboxylic acids is 1. The summed E-state index contributed by atoms with van der Waals surface area (Å²) in [4.78, 5) is 10.6. The molecule has 78 valence electrons. The maximum atomic E-state index is 10.6. The average molecular weight is 189 g/mol. The zero-order valence-corrected chi connectivity index (χ0v) is 8.54. The van der Waals surface area contributed by atoms with Crippen LogP contribution in [0.15, 0.2) is 0 Å². The van der Waals surface area contributed by atoms with Crippen molar-refractivity contribution in [2.24, 2.45) is 5.73 Å². The molecule has 0 aromatic carbocycles. The van der Waals surface area contributed by atoms with Gasteiger partial charge in [0.05, 0.1) is 6.10 Å². The molecule has 0 aliphatic heterocycles. The van der Waals surface area contributed by atoms with Crippen molar-refractivity contribution in [1.29, 1.82) is 0 Å². The lowest BCUT2D eigenvalue weighted by molar-refractivity contribution is -0.143. The third-order valence-corrected chi connectivity index (χ3v) is 1.78. The van der Waals surface area contributed by atoms with E-state index in [2.05, 4.69) is 0 Å². The highest BCUT2D eigenvalue weighted by Crippen LogP contribution is 2.09. The molecule has 0 aliphatic rings. The van der Waals surface area contributed by atoms with E-state index < -0.39 is 11.5 Å².